The van der Waals surface area contributed by atoms with Gasteiger partial charge in [0.1, 0.15) is 12.4 Å². The van der Waals surface area contributed by atoms with Crippen LogP contribution in [0.3, 0.4) is 0 Å². The van der Waals surface area contributed by atoms with Gasteiger partial charge in [-0.25, -0.2) is 0 Å². The van der Waals surface area contributed by atoms with E-state index in [1.807, 2.05) is 36.4 Å². The summed E-state index contributed by atoms with van der Waals surface area (Å²) >= 11 is 0. The Kier molecular flexibility index (Phi) is 6.45. The van der Waals surface area contributed by atoms with Crippen LogP contribution in [0.1, 0.15) is 36.8 Å². The van der Waals surface area contributed by atoms with Crippen molar-refractivity contribution in [3.63, 3.8) is 0 Å². The fraction of sp³-hybridized carbons (Fsp3) is 0.350. The Hall–Kier alpha value is -2.04. The molecule has 0 atom stereocenters. The average molecular weight is 361 g/mol. The summed E-state index contributed by atoms with van der Waals surface area (Å²) in [4.78, 5) is 12.4. The molecule has 0 radical (unpaired) electrons. The number of anilines is 1. The van der Waals surface area contributed by atoms with Gasteiger partial charge in [0, 0.05) is 11.8 Å². The zero-order valence-electron chi connectivity index (χ0n) is 14.5. The highest BCUT2D eigenvalue weighted by Gasteiger charge is 2.36. The molecule has 134 valence electrons. The highest BCUT2D eigenvalue weighted by Crippen LogP contribution is 2.29. The van der Waals surface area contributed by atoms with Crippen LogP contribution in [0.15, 0.2) is 48.5 Å². The molecule has 0 aromatic heterocycles. The van der Waals surface area contributed by atoms with Gasteiger partial charge in [-0.15, -0.1) is 12.4 Å². The van der Waals surface area contributed by atoms with Gasteiger partial charge in [0.25, 0.3) is 0 Å². The molecule has 1 fully saturated rings. The van der Waals surface area contributed by atoms with Crippen molar-refractivity contribution >= 4 is 24.0 Å². The first-order chi connectivity index (χ1) is 11.6. The van der Waals surface area contributed by atoms with Crippen LogP contribution in [0, 0.1) is 6.92 Å². The van der Waals surface area contributed by atoms with Gasteiger partial charge < -0.3 is 15.8 Å². The van der Waals surface area contributed by atoms with Crippen molar-refractivity contribution in [2.45, 2.75) is 44.8 Å². The summed E-state index contributed by atoms with van der Waals surface area (Å²) in [5.74, 6) is 0.629. The molecule has 2 aromatic rings. The van der Waals surface area contributed by atoms with Crippen LogP contribution in [0.4, 0.5) is 5.69 Å². The zero-order valence-corrected chi connectivity index (χ0v) is 15.3. The van der Waals surface area contributed by atoms with Crippen molar-refractivity contribution in [1.29, 1.82) is 0 Å². The minimum Gasteiger partial charge on any atom is -0.489 e. The van der Waals surface area contributed by atoms with Crippen LogP contribution in [0.25, 0.3) is 0 Å². The van der Waals surface area contributed by atoms with E-state index in [1.54, 1.807) is 0 Å². The van der Waals surface area contributed by atoms with Gasteiger partial charge >= 0.3 is 0 Å². The Bertz CT molecular complexity index is 727. The molecule has 1 aliphatic rings. The quantitative estimate of drug-likeness (QED) is 0.839. The lowest BCUT2D eigenvalue weighted by Gasteiger charge is -2.22. The molecule has 5 heteroatoms. The van der Waals surface area contributed by atoms with E-state index in [9.17, 15) is 4.79 Å². The Morgan fingerprint density at radius 2 is 1.88 bits per heavy atom. The molecule has 1 aliphatic carbocycles. The molecule has 2 aromatic carbocycles. The maximum absolute atomic E-state index is 12.4. The second-order valence-electron chi connectivity index (χ2n) is 6.56. The Morgan fingerprint density at radius 1 is 1.16 bits per heavy atom. The maximum Gasteiger partial charge on any atom is 0.244 e. The highest BCUT2D eigenvalue weighted by molar-refractivity contribution is 5.98. The van der Waals surface area contributed by atoms with Gasteiger partial charge in [-0.05, 0) is 43.0 Å². The van der Waals surface area contributed by atoms with Crippen LogP contribution in [0.5, 0.6) is 5.75 Å². The molecule has 4 nitrogen and oxygen atoms in total. The number of nitrogens with one attached hydrogen (secondary N) is 1. The number of aryl methyl sites for hydroxylation is 1. The van der Waals surface area contributed by atoms with Crippen molar-refractivity contribution in [2.24, 2.45) is 5.73 Å². The number of ether oxygens (including phenoxy) is 1. The van der Waals surface area contributed by atoms with E-state index < -0.39 is 5.54 Å². The van der Waals surface area contributed by atoms with Crippen molar-refractivity contribution in [3.05, 3.63) is 59.7 Å². The van der Waals surface area contributed by atoms with Crippen LogP contribution in [0.2, 0.25) is 0 Å². The number of amides is 1. The third-order valence-electron chi connectivity index (χ3n) is 4.70. The van der Waals surface area contributed by atoms with Crippen LogP contribution < -0.4 is 15.8 Å². The zero-order chi connectivity index (χ0) is 17.0. The maximum atomic E-state index is 12.4. The number of nitrogens with two attached hydrogens (primary N) is 1. The molecule has 1 amide bonds. The normalized spacial score (nSPS) is 15.3. The second kappa shape index (κ2) is 8.37. The Morgan fingerprint density at radius 3 is 2.60 bits per heavy atom. The summed E-state index contributed by atoms with van der Waals surface area (Å²) in [7, 11) is 0. The van der Waals surface area contributed by atoms with E-state index in [0.717, 1.165) is 42.7 Å². The number of halogens is 1. The van der Waals surface area contributed by atoms with Gasteiger partial charge in [-0.1, -0.05) is 43.2 Å². The predicted octanol–water partition coefficient (Wildman–Crippen LogP) is 4.21. The van der Waals surface area contributed by atoms with Crippen molar-refractivity contribution in [2.75, 3.05) is 5.32 Å². The first kappa shape index (κ1) is 19.3. The summed E-state index contributed by atoms with van der Waals surface area (Å²) in [6, 6.07) is 15.6. The molecule has 0 heterocycles. The summed E-state index contributed by atoms with van der Waals surface area (Å²) in [5, 5.41) is 2.93. The average Bonchev–Trinajstić information content (AvgIpc) is 3.03. The standard InChI is InChI=1S/C20H24N2O2.ClH/c1-15-7-2-3-8-16(15)14-24-18-10-6-9-17(13-18)22-19(23)20(21)11-4-5-12-20;/h2-3,6-10,13H,4-5,11-12,14,21H2,1H3,(H,22,23);1H. The molecule has 25 heavy (non-hydrogen) atoms. The van der Waals surface area contributed by atoms with E-state index in [2.05, 4.69) is 24.4 Å². The van der Waals surface area contributed by atoms with Crippen LogP contribution >= 0.6 is 12.4 Å². The summed E-state index contributed by atoms with van der Waals surface area (Å²) in [6.45, 7) is 2.57. The van der Waals surface area contributed by atoms with Crippen LogP contribution in [-0.2, 0) is 11.4 Å². The molecule has 0 unspecified atom stereocenters. The second-order valence-corrected chi connectivity index (χ2v) is 6.56. The minimum atomic E-state index is -0.724. The van der Waals surface area contributed by atoms with Gasteiger partial charge in [0.2, 0.25) is 5.91 Å². The van der Waals surface area contributed by atoms with E-state index in [4.69, 9.17) is 10.5 Å². The van der Waals surface area contributed by atoms with Gasteiger partial charge in [-0.2, -0.15) is 0 Å². The number of hydrogen-bond donors (Lipinski definition) is 2. The third kappa shape index (κ3) is 4.74. The van der Waals surface area contributed by atoms with E-state index in [-0.39, 0.29) is 18.3 Å². The van der Waals surface area contributed by atoms with Crippen molar-refractivity contribution < 1.29 is 9.53 Å². The fourth-order valence-corrected chi connectivity index (χ4v) is 3.09. The number of carbonyl (C=O) groups excluding carboxylic acids is 1. The Balaban J connectivity index is 0.00000225. The van der Waals surface area contributed by atoms with Crippen molar-refractivity contribution in [3.8, 4) is 5.75 Å². The van der Waals surface area contributed by atoms with Gasteiger partial charge in [-0.3, -0.25) is 4.79 Å². The largest absolute Gasteiger partial charge is 0.489 e. The first-order valence-corrected chi connectivity index (χ1v) is 8.44. The van der Waals surface area contributed by atoms with Gasteiger partial charge in [0.05, 0.1) is 5.54 Å². The molecular weight excluding hydrogens is 336 g/mol. The monoisotopic (exact) mass is 360 g/mol. The molecule has 3 N–H and O–H groups in total. The van der Waals surface area contributed by atoms with Crippen LogP contribution in [-0.4, -0.2) is 11.4 Å². The van der Waals surface area contributed by atoms with E-state index in [1.165, 1.54) is 5.56 Å². The van der Waals surface area contributed by atoms with E-state index >= 15 is 0 Å². The summed E-state index contributed by atoms with van der Waals surface area (Å²) in [6.07, 6.45) is 3.54. The molecule has 1 saturated carbocycles. The number of hydrogen-bond acceptors (Lipinski definition) is 3. The number of benzene rings is 2. The van der Waals surface area contributed by atoms with E-state index in [0.29, 0.717) is 6.61 Å². The molecule has 3 rings (SSSR count). The highest BCUT2D eigenvalue weighted by atomic mass is 35.5. The lowest BCUT2D eigenvalue weighted by Crippen LogP contribution is -2.48. The topological polar surface area (TPSA) is 64.3 Å². The van der Waals surface area contributed by atoms with Gasteiger partial charge in [0.15, 0.2) is 0 Å². The number of carbonyl (C=O) groups is 1. The molecule has 0 bridgehead atoms. The lowest BCUT2D eigenvalue weighted by molar-refractivity contribution is -0.121. The molecule has 0 saturated heterocycles. The minimum absolute atomic E-state index is 0. The predicted molar refractivity (Wildman–Crippen MR) is 103 cm³/mol. The third-order valence-corrected chi connectivity index (χ3v) is 4.70. The molecule has 0 aliphatic heterocycles. The van der Waals surface area contributed by atoms with Crippen molar-refractivity contribution in [1.82, 2.24) is 0 Å². The Labute approximate surface area is 155 Å². The smallest absolute Gasteiger partial charge is 0.244 e. The summed E-state index contributed by atoms with van der Waals surface area (Å²) < 4.78 is 5.86. The molecular formula is C20H25ClN2O2. The lowest BCUT2D eigenvalue weighted by atomic mass is 9.98. The number of rotatable bonds is 5. The molecule has 0 spiro atoms. The fourth-order valence-electron chi connectivity index (χ4n) is 3.09. The summed E-state index contributed by atoms with van der Waals surface area (Å²) in [5.41, 5.74) is 8.55. The SMILES string of the molecule is Cc1ccccc1COc1cccc(NC(=O)C2(N)CCCC2)c1.Cl. The first-order valence-electron chi connectivity index (χ1n) is 8.44.